The molecule has 0 saturated carbocycles. The SMILES string of the molecule is CCNC(=O)N(CC(=O)Nc1nc(-c2ccc(OC)cc2)cn1-c1ccccc1)CC(C)C. The van der Waals surface area contributed by atoms with E-state index in [-0.39, 0.29) is 24.4 Å². The number of nitrogens with one attached hydrogen (secondary N) is 2. The third kappa shape index (κ3) is 6.35. The summed E-state index contributed by atoms with van der Waals surface area (Å²) >= 11 is 0. The summed E-state index contributed by atoms with van der Waals surface area (Å²) in [6.45, 7) is 6.77. The Hall–Kier alpha value is -3.81. The Bertz CT molecular complexity index is 1060. The fourth-order valence-corrected chi connectivity index (χ4v) is 3.42. The van der Waals surface area contributed by atoms with Crippen LogP contribution >= 0.6 is 0 Å². The summed E-state index contributed by atoms with van der Waals surface area (Å²) in [5.41, 5.74) is 2.46. The number of carbonyl (C=O) groups excluding carboxylic acids is 2. The van der Waals surface area contributed by atoms with Crippen LogP contribution in [0.2, 0.25) is 0 Å². The van der Waals surface area contributed by atoms with Crippen LogP contribution in [0, 0.1) is 5.92 Å². The molecule has 0 fully saturated rings. The van der Waals surface area contributed by atoms with Crippen LogP contribution in [0.5, 0.6) is 5.75 Å². The Kier molecular flexibility index (Phi) is 8.07. The number of benzene rings is 2. The highest BCUT2D eigenvalue weighted by Gasteiger charge is 2.20. The molecular weight excluding hydrogens is 418 g/mol. The van der Waals surface area contributed by atoms with Crippen molar-refractivity contribution in [1.29, 1.82) is 0 Å². The summed E-state index contributed by atoms with van der Waals surface area (Å²) in [6, 6.07) is 17.0. The van der Waals surface area contributed by atoms with Crippen molar-refractivity contribution in [1.82, 2.24) is 19.8 Å². The van der Waals surface area contributed by atoms with E-state index in [1.54, 1.807) is 7.11 Å². The Balaban J connectivity index is 1.87. The summed E-state index contributed by atoms with van der Waals surface area (Å²) in [4.78, 5) is 31.5. The Morgan fingerprint density at radius 3 is 2.39 bits per heavy atom. The molecule has 0 aliphatic heterocycles. The van der Waals surface area contributed by atoms with Gasteiger partial charge in [-0.1, -0.05) is 32.0 Å². The molecule has 0 atom stereocenters. The molecule has 2 N–H and O–H groups in total. The number of carbonyl (C=O) groups is 2. The second-order valence-electron chi connectivity index (χ2n) is 8.04. The number of imidazole rings is 1. The first-order chi connectivity index (χ1) is 15.9. The maximum Gasteiger partial charge on any atom is 0.317 e. The highest BCUT2D eigenvalue weighted by molar-refractivity contribution is 5.93. The number of nitrogens with zero attached hydrogens (tertiary/aromatic N) is 3. The minimum Gasteiger partial charge on any atom is -0.497 e. The molecule has 0 saturated heterocycles. The van der Waals surface area contributed by atoms with Gasteiger partial charge in [-0.15, -0.1) is 0 Å². The lowest BCUT2D eigenvalue weighted by molar-refractivity contribution is -0.116. The number of anilines is 1. The third-order valence-electron chi connectivity index (χ3n) is 4.91. The molecule has 2 aromatic carbocycles. The van der Waals surface area contributed by atoms with Crippen molar-refractivity contribution >= 4 is 17.9 Å². The summed E-state index contributed by atoms with van der Waals surface area (Å²) in [5, 5.41) is 5.66. The number of hydrogen-bond donors (Lipinski definition) is 2. The van der Waals surface area contributed by atoms with E-state index < -0.39 is 0 Å². The largest absolute Gasteiger partial charge is 0.497 e. The second-order valence-corrected chi connectivity index (χ2v) is 8.04. The standard InChI is InChI=1S/C25H31N5O3/c1-5-26-25(32)29(15-18(2)3)17-23(31)28-24-27-22(19-11-13-21(33-4)14-12-19)16-30(24)20-9-7-6-8-10-20/h6-14,16,18H,5,15,17H2,1-4H3,(H,26,32)(H,27,28,31). The van der Waals surface area contributed by atoms with Crippen molar-refractivity contribution in [2.24, 2.45) is 5.92 Å². The van der Waals surface area contributed by atoms with Gasteiger partial charge in [0.15, 0.2) is 0 Å². The maximum absolute atomic E-state index is 12.9. The predicted octanol–water partition coefficient (Wildman–Crippen LogP) is 4.17. The molecule has 1 heterocycles. The zero-order valence-corrected chi connectivity index (χ0v) is 19.5. The smallest absolute Gasteiger partial charge is 0.317 e. The van der Waals surface area contributed by atoms with E-state index in [1.165, 1.54) is 4.90 Å². The molecule has 3 rings (SSSR count). The van der Waals surface area contributed by atoms with E-state index in [1.807, 2.05) is 86.1 Å². The minimum absolute atomic E-state index is 0.0659. The molecule has 8 heteroatoms. The number of aromatic nitrogens is 2. The lowest BCUT2D eigenvalue weighted by Crippen LogP contribution is -2.45. The van der Waals surface area contributed by atoms with Crippen LogP contribution in [0.4, 0.5) is 10.7 Å². The van der Waals surface area contributed by atoms with Gasteiger partial charge in [-0.2, -0.15) is 0 Å². The Morgan fingerprint density at radius 2 is 1.79 bits per heavy atom. The highest BCUT2D eigenvalue weighted by Crippen LogP contribution is 2.26. The van der Waals surface area contributed by atoms with Gasteiger partial charge in [0.05, 0.1) is 12.8 Å². The monoisotopic (exact) mass is 449 g/mol. The first-order valence-electron chi connectivity index (χ1n) is 11.0. The quantitative estimate of drug-likeness (QED) is 0.513. The zero-order chi connectivity index (χ0) is 23.8. The van der Waals surface area contributed by atoms with Gasteiger partial charge >= 0.3 is 6.03 Å². The molecule has 1 aromatic heterocycles. The number of ether oxygens (including phenoxy) is 1. The van der Waals surface area contributed by atoms with E-state index in [4.69, 9.17) is 4.74 Å². The number of methoxy groups -OCH3 is 1. The third-order valence-corrected chi connectivity index (χ3v) is 4.91. The van der Waals surface area contributed by atoms with Crippen molar-refractivity contribution in [2.75, 3.05) is 32.1 Å². The van der Waals surface area contributed by atoms with Gasteiger partial charge in [0.1, 0.15) is 12.3 Å². The number of urea groups is 1. The Morgan fingerprint density at radius 1 is 1.09 bits per heavy atom. The van der Waals surface area contributed by atoms with Gasteiger partial charge in [-0.25, -0.2) is 9.78 Å². The van der Waals surface area contributed by atoms with Crippen LogP contribution in [0.15, 0.2) is 60.8 Å². The summed E-state index contributed by atoms with van der Waals surface area (Å²) < 4.78 is 7.07. The fourth-order valence-electron chi connectivity index (χ4n) is 3.42. The van der Waals surface area contributed by atoms with Crippen molar-refractivity contribution in [3.05, 3.63) is 60.8 Å². The second kappa shape index (κ2) is 11.2. The number of hydrogen-bond acceptors (Lipinski definition) is 4. The zero-order valence-electron chi connectivity index (χ0n) is 19.5. The van der Waals surface area contributed by atoms with Crippen molar-refractivity contribution in [3.63, 3.8) is 0 Å². The minimum atomic E-state index is -0.314. The first-order valence-corrected chi connectivity index (χ1v) is 11.0. The molecule has 8 nitrogen and oxygen atoms in total. The molecule has 0 aliphatic rings. The molecule has 0 unspecified atom stereocenters. The molecule has 3 aromatic rings. The highest BCUT2D eigenvalue weighted by atomic mass is 16.5. The topological polar surface area (TPSA) is 88.5 Å². The molecule has 0 bridgehead atoms. The molecule has 0 radical (unpaired) electrons. The van der Waals surface area contributed by atoms with E-state index in [2.05, 4.69) is 15.6 Å². The predicted molar refractivity (Wildman–Crippen MR) is 130 cm³/mol. The average molecular weight is 450 g/mol. The Labute approximate surface area is 194 Å². The van der Waals surface area contributed by atoms with Gasteiger partial charge in [0.2, 0.25) is 11.9 Å². The van der Waals surface area contributed by atoms with Gasteiger partial charge in [0.25, 0.3) is 0 Å². The van der Waals surface area contributed by atoms with Gasteiger partial charge < -0.3 is 15.0 Å². The lowest BCUT2D eigenvalue weighted by Gasteiger charge is -2.24. The number of amides is 3. The summed E-state index contributed by atoms with van der Waals surface area (Å²) in [5.74, 6) is 1.06. The molecule has 0 spiro atoms. The van der Waals surface area contributed by atoms with Crippen LogP contribution in [0.1, 0.15) is 20.8 Å². The lowest BCUT2D eigenvalue weighted by atomic mass is 10.1. The first kappa shape index (κ1) is 23.8. The van der Waals surface area contributed by atoms with Crippen molar-refractivity contribution in [2.45, 2.75) is 20.8 Å². The molecule has 3 amide bonds. The number of rotatable bonds is 9. The van der Waals surface area contributed by atoms with Crippen LogP contribution in [-0.4, -0.2) is 53.1 Å². The van der Waals surface area contributed by atoms with Crippen LogP contribution in [-0.2, 0) is 4.79 Å². The van der Waals surface area contributed by atoms with Crippen LogP contribution in [0.3, 0.4) is 0 Å². The van der Waals surface area contributed by atoms with Crippen molar-refractivity contribution in [3.8, 4) is 22.7 Å². The van der Waals surface area contributed by atoms with Gasteiger partial charge in [-0.3, -0.25) is 14.7 Å². The molecule has 0 aliphatic carbocycles. The van der Waals surface area contributed by atoms with Crippen LogP contribution < -0.4 is 15.4 Å². The van der Waals surface area contributed by atoms with E-state index in [9.17, 15) is 9.59 Å². The average Bonchev–Trinajstić information content (AvgIpc) is 3.22. The van der Waals surface area contributed by atoms with Gasteiger partial charge in [0, 0.05) is 30.5 Å². The molecule has 174 valence electrons. The molecular formula is C25H31N5O3. The van der Waals surface area contributed by atoms with E-state index in [0.29, 0.717) is 24.7 Å². The number of para-hydroxylation sites is 1. The normalized spacial score (nSPS) is 10.7. The fraction of sp³-hybridized carbons (Fsp3) is 0.320. The molecule has 33 heavy (non-hydrogen) atoms. The van der Waals surface area contributed by atoms with E-state index >= 15 is 0 Å². The van der Waals surface area contributed by atoms with Crippen molar-refractivity contribution < 1.29 is 14.3 Å². The van der Waals surface area contributed by atoms with Crippen LogP contribution in [0.25, 0.3) is 16.9 Å². The summed E-state index contributed by atoms with van der Waals surface area (Å²) in [6.07, 6.45) is 1.88. The van der Waals surface area contributed by atoms with Gasteiger partial charge in [-0.05, 0) is 49.2 Å². The maximum atomic E-state index is 12.9. The summed E-state index contributed by atoms with van der Waals surface area (Å²) in [7, 11) is 1.62. The van der Waals surface area contributed by atoms with E-state index in [0.717, 1.165) is 17.0 Å².